The number of hydrogen-bond acceptors (Lipinski definition) is 5. The van der Waals surface area contributed by atoms with Gasteiger partial charge in [-0.05, 0) is 31.0 Å². The minimum absolute atomic E-state index is 0.00489. The molecule has 27 heavy (non-hydrogen) atoms. The van der Waals surface area contributed by atoms with E-state index in [0.717, 1.165) is 30.7 Å². The van der Waals surface area contributed by atoms with Gasteiger partial charge < -0.3 is 24.4 Å². The van der Waals surface area contributed by atoms with E-state index in [9.17, 15) is 4.79 Å². The zero-order valence-corrected chi connectivity index (χ0v) is 15.6. The number of carbonyl (C=O) groups is 1. The summed E-state index contributed by atoms with van der Waals surface area (Å²) in [6.45, 7) is 1.29. The molecular formula is C21H24N2O4. The molecule has 142 valence electrons. The van der Waals surface area contributed by atoms with E-state index >= 15 is 0 Å². The van der Waals surface area contributed by atoms with Gasteiger partial charge in [-0.1, -0.05) is 24.3 Å². The summed E-state index contributed by atoms with van der Waals surface area (Å²) in [5, 5.41) is 3.51. The van der Waals surface area contributed by atoms with Gasteiger partial charge in [0, 0.05) is 24.4 Å². The molecule has 4 rings (SSSR count). The van der Waals surface area contributed by atoms with Crippen molar-refractivity contribution < 1.29 is 19.0 Å². The topological polar surface area (TPSA) is 60.0 Å². The van der Waals surface area contributed by atoms with Crippen LogP contribution >= 0.6 is 0 Å². The number of methoxy groups -OCH3 is 2. The number of ether oxygens (including phenoxy) is 3. The largest absolute Gasteiger partial charge is 0.493 e. The molecule has 0 saturated carbocycles. The van der Waals surface area contributed by atoms with E-state index in [4.69, 9.17) is 14.2 Å². The summed E-state index contributed by atoms with van der Waals surface area (Å²) in [4.78, 5) is 15.1. The van der Waals surface area contributed by atoms with Crippen LogP contribution in [0.2, 0.25) is 0 Å². The highest BCUT2D eigenvalue weighted by molar-refractivity contribution is 6.01. The highest BCUT2D eigenvalue weighted by atomic mass is 16.5. The molecule has 1 amide bonds. The van der Waals surface area contributed by atoms with E-state index in [2.05, 4.69) is 5.32 Å². The van der Waals surface area contributed by atoms with Crippen LogP contribution in [0.1, 0.15) is 34.9 Å². The number of benzene rings is 2. The van der Waals surface area contributed by atoms with Crippen molar-refractivity contribution in [2.45, 2.75) is 25.1 Å². The molecule has 0 unspecified atom stereocenters. The lowest BCUT2D eigenvalue weighted by molar-refractivity contribution is 0.0424. The van der Waals surface area contributed by atoms with Gasteiger partial charge in [-0.25, -0.2) is 0 Å². The Morgan fingerprint density at radius 2 is 2.00 bits per heavy atom. The Kier molecular flexibility index (Phi) is 4.90. The molecule has 0 spiro atoms. The first-order valence-electron chi connectivity index (χ1n) is 9.22. The predicted octanol–water partition coefficient (Wildman–Crippen LogP) is 3.45. The zero-order chi connectivity index (χ0) is 18.8. The maximum absolute atomic E-state index is 13.3. The normalized spacial score (nSPS) is 21.6. The molecule has 2 aromatic rings. The van der Waals surface area contributed by atoms with Gasteiger partial charge in [-0.3, -0.25) is 4.79 Å². The summed E-state index contributed by atoms with van der Waals surface area (Å²) >= 11 is 0. The van der Waals surface area contributed by atoms with Gasteiger partial charge in [0.1, 0.15) is 6.17 Å². The molecule has 2 aliphatic heterocycles. The first kappa shape index (κ1) is 17.7. The number of rotatable bonds is 5. The van der Waals surface area contributed by atoms with Gasteiger partial charge in [0.25, 0.3) is 5.91 Å². The summed E-state index contributed by atoms with van der Waals surface area (Å²) in [5.74, 6) is 1.26. The van der Waals surface area contributed by atoms with Crippen LogP contribution in [-0.2, 0) is 4.74 Å². The lowest BCUT2D eigenvalue weighted by Crippen LogP contribution is -2.46. The Morgan fingerprint density at radius 3 is 2.74 bits per heavy atom. The number of amides is 1. The molecular weight excluding hydrogens is 344 g/mol. The average molecular weight is 368 g/mol. The van der Waals surface area contributed by atoms with E-state index < -0.39 is 0 Å². The second-order valence-corrected chi connectivity index (χ2v) is 6.77. The Hall–Kier alpha value is -2.73. The van der Waals surface area contributed by atoms with E-state index in [1.807, 2.05) is 47.4 Å². The van der Waals surface area contributed by atoms with E-state index in [1.165, 1.54) is 0 Å². The first-order valence-corrected chi connectivity index (χ1v) is 9.22. The third-order valence-electron chi connectivity index (χ3n) is 5.17. The molecule has 2 aliphatic rings. The van der Waals surface area contributed by atoms with E-state index in [-0.39, 0.29) is 18.2 Å². The molecule has 0 aromatic heterocycles. The molecule has 2 heterocycles. The van der Waals surface area contributed by atoms with Gasteiger partial charge in [-0.15, -0.1) is 0 Å². The van der Waals surface area contributed by atoms with Crippen molar-refractivity contribution >= 4 is 11.6 Å². The summed E-state index contributed by atoms with van der Waals surface area (Å²) in [7, 11) is 3.23. The van der Waals surface area contributed by atoms with Crippen LogP contribution in [-0.4, -0.2) is 44.3 Å². The van der Waals surface area contributed by atoms with E-state index in [0.29, 0.717) is 23.6 Å². The number of para-hydroxylation sites is 2. The minimum atomic E-state index is -0.360. The maximum Gasteiger partial charge on any atom is 0.257 e. The molecule has 6 heteroatoms. The monoisotopic (exact) mass is 368 g/mol. The number of nitrogens with one attached hydrogen (secondary N) is 1. The van der Waals surface area contributed by atoms with Crippen LogP contribution in [0.15, 0.2) is 42.5 Å². The van der Waals surface area contributed by atoms with Crippen molar-refractivity contribution in [3.63, 3.8) is 0 Å². The number of anilines is 1. The quantitative estimate of drug-likeness (QED) is 0.876. The van der Waals surface area contributed by atoms with Gasteiger partial charge in [-0.2, -0.15) is 0 Å². The SMILES string of the molecule is COc1cccc([C@@H]2Nc3ccccc3C(=O)N2C[C@H]2CCCO2)c1OC. The second-order valence-electron chi connectivity index (χ2n) is 6.77. The van der Waals surface area contributed by atoms with Crippen molar-refractivity contribution in [2.75, 3.05) is 32.7 Å². The molecule has 2 atom stereocenters. The van der Waals surface area contributed by atoms with Crippen molar-refractivity contribution in [3.8, 4) is 11.5 Å². The Labute approximate surface area is 159 Å². The van der Waals surface area contributed by atoms with E-state index in [1.54, 1.807) is 14.2 Å². The fourth-order valence-corrected chi connectivity index (χ4v) is 3.86. The molecule has 0 radical (unpaired) electrons. The number of nitrogens with zero attached hydrogens (tertiary/aromatic N) is 1. The van der Waals surface area contributed by atoms with Crippen molar-refractivity contribution in [2.24, 2.45) is 0 Å². The van der Waals surface area contributed by atoms with Crippen molar-refractivity contribution in [1.82, 2.24) is 4.90 Å². The molecule has 2 aromatic carbocycles. The number of carbonyl (C=O) groups excluding carboxylic acids is 1. The molecule has 0 aliphatic carbocycles. The minimum Gasteiger partial charge on any atom is -0.493 e. The molecule has 1 N–H and O–H groups in total. The summed E-state index contributed by atoms with van der Waals surface area (Å²) in [6.07, 6.45) is 1.69. The highest BCUT2D eigenvalue weighted by Gasteiger charge is 2.36. The van der Waals surface area contributed by atoms with Crippen LogP contribution in [0.5, 0.6) is 11.5 Å². The van der Waals surface area contributed by atoms with Crippen molar-refractivity contribution in [1.29, 1.82) is 0 Å². The van der Waals surface area contributed by atoms with Crippen LogP contribution < -0.4 is 14.8 Å². The summed E-state index contributed by atoms with van der Waals surface area (Å²) in [6, 6.07) is 13.3. The lowest BCUT2D eigenvalue weighted by Gasteiger charge is -2.39. The fraction of sp³-hybridized carbons (Fsp3) is 0.381. The zero-order valence-electron chi connectivity index (χ0n) is 15.6. The maximum atomic E-state index is 13.3. The number of fused-ring (bicyclic) bond motifs is 1. The van der Waals surface area contributed by atoms with Crippen molar-refractivity contribution in [3.05, 3.63) is 53.6 Å². The smallest absolute Gasteiger partial charge is 0.257 e. The fourth-order valence-electron chi connectivity index (χ4n) is 3.86. The van der Waals surface area contributed by atoms with Gasteiger partial charge >= 0.3 is 0 Å². The highest BCUT2D eigenvalue weighted by Crippen LogP contribution is 2.41. The molecule has 1 saturated heterocycles. The first-order chi connectivity index (χ1) is 13.2. The third-order valence-corrected chi connectivity index (χ3v) is 5.17. The van der Waals surface area contributed by atoms with Crippen LogP contribution in [0.25, 0.3) is 0 Å². The van der Waals surface area contributed by atoms with Gasteiger partial charge in [0.15, 0.2) is 11.5 Å². The average Bonchev–Trinajstić information content (AvgIpc) is 3.22. The van der Waals surface area contributed by atoms with Crippen LogP contribution in [0, 0.1) is 0 Å². The Balaban J connectivity index is 1.77. The molecule has 1 fully saturated rings. The Bertz CT molecular complexity index is 833. The summed E-state index contributed by atoms with van der Waals surface area (Å²) < 4.78 is 16.9. The van der Waals surface area contributed by atoms with Gasteiger partial charge in [0.05, 0.1) is 25.9 Å². The number of hydrogen-bond donors (Lipinski definition) is 1. The van der Waals surface area contributed by atoms with Gasteiger partial charge in [0.2, 0.25) is 0 Å². The van der Waals surface area contributed by atoms with Crippen LogP contribution in [0.4, 0.5) is 5.69 Å². The summed E-state index contributed by atoms with van der Waals surface area (Å²) in [5.41, 5.74) is 2.35. The Morgan fingerprint density at radius 1 is 1.15 bits per heavy atom. The molecule has 0 bridgehead atoms. The second kappa shape index (κ2) is 7.48. The molecule has 6 nitrogen and oxygen atoms in total. The predicted molar refractivity (Wildman–Crippen MR) is 102 cm³/mol. The standard InChI is InChI=1S/C21H24N2O4/c1-25-18-11-5-9-16(19(18)26-2)20-22-17-10-4-3-8-15(17)21(24)23(20)13-14-7-6-12-27-14/h3-5,8-11,14,20,22H,6-7,12-13H2,1-2H3/t14-,20-/m1/s1. The van der Waals surface area contributed by atoms with Crippen LogP contribution in [0.3, 0.4) is 0 Å². The third kappa shape index (κ3) is 3.21. The lowest BCUT2D eigenvalue weighted by atomic mass is 10.0.